The Hall–Kier alpha value is -3.67. The molecule has 27 heavy (non-hydrogen) atoms. The van der Waals surface area contributed by atoms with Crippen molar-refractivity contribution >= 4 is 23.6 Å². The summed E-state index contributed by atoms with van der Waals surface area (Å²) in [6, 6.07) is 17.3. The Morgan fingerprint density at radius 1 is 1.00 bits per heavy atom. The van der Waals surface area contributed by atoms with Crippen LogP contribution in [0.15, 0.2) is 83.5 Å². The van der Waals surface area contributed by atoms with Crippen LogP contribution in [0.5, 0.6) is 0 Å². The van der Waals surface area contributed by atoms with Gasteiger partial charge in [0, 0.05) is 17.3 Å². The number of nitrogens with one attached hydrogen (secondary N) is 1. The molecule has 6 heteroatoms. The number of carbonyl (C=O) groups is 2. The molecule has 136 valence electrons. The number of hydrogen-bond acceptors (Lipinski definition) is 4. The van der Waals surface area contributed by atoms with Crippen molar-refractivity contribution < 1.29 is 23.1 Å². The largest absolute Gasteiger partial charge is 0.465 e. The van der Waals surface area contributed by atoms with Gasteiger partial charge in [0.2, 0.25) is 6.10 Å². The number of anilines is 1. The minimum Gasteiger partial charge on any atom is -0.465 e. The molecule has 1 amide bonds. The molecule has 1 unspecified atom stereocenters. The van der Waals surface area contributed by atoms with Crippen LogP contribution in [0.2, 0.25) is 0 Å². The standard InChI is InChI=1S/C21H16FNO4/c22-16-8-10-17(11-9-16)23-21(25)20(15-5-2-1-3-6-15)27-19(24)13-12-18-7-4-14-26-18/h1-14,20H,(H,23,25). The van der Waals surface area contributed by atoms with Gasteiger partial charge in [0.1, 0.15) is 11.6 Å². The summed E-state index contributed by atoms with van der Waals surface area (Å²) in [5.74, 6) is -1.18. The van der Waals surface area contributed by atoms with Crippen LogP contribution in [0, 0.1) is 5.82 Å². The topological polar surface area (TPSA) is 68.5 Å². The van der Waals surface area contributed by atoms with Gasteiger partial charge in [-0.1, -0.05) is 30.3 Å². The van der Waals surface area contributed by atoms with Gasteiger partial charge < -0.3 is 14.5 Å². The highest BCUT2D eigenvalue weighted by molar-refractivity contribution is 5.97. The van der Waals surface area contributed by atoms with Gasteiger partial charge >= 0.3 is 5.97 Å². The minimum absolute atomic E-state index is 0.393. The predicted octanol–water partition coefficient (Wildman–Crippen LogP) is 4.36. The Labute approximate surface area is 155 Å². The summed E-state index contributed by atoms with van der Waals surface area (Å²) in [6.07, 6.45) is 2.95. The number of hydrogen-bond donors (Lipinski definition) is 1. The average molecular weight is 365 g/mol. The summed E-state index contributed by atoms with van der Waals surface area (Å²) < 4.78 is 23.5. The van der Waals surface area contributed by atoms with E-state index in [2.05, 4.69) is 5.32 Å². The molecule has 1 atom stereocenters. The van der Waals surface area contributed by atoms with E-state index in [1.165, 1.54) is 42.7 Å². The Kier molecular flexibility index (Phi) is 5.79. The Morgan fingerprint density at radius 2 is 1.74 bits per heavy atom. The van der Waals surface area contributed by atoms with E-state index in [4.69, 9.17) is 9.15 Å². The molecule has 3 rings (SSSR count). The third-order valence-electron chi connectivity index (χ3n) is 3.61. The number of halogens is 1. The number of benzene rings is 2. The van der Waals surface area contributed by atoms with E-state index < -0.39 is 23.8 Å². The van der Waals surface area contributed by atoms with Gasteiger partial charge in [-0.2, -0.15) is 0 Å². The molecule has 0 aliphatic carbocycles. The van der Waals surface area contributed by atoms with E-state index in [9.17, 15) is 14.0 Å². The summed E-state index contributed by atoms with van der Waals surface area (Å²) in [6.45, 7) is 0. The number of rotatable bonds is 6. The van der Waals surface area contributed by atoms with E-state index in [0.29, 0.717) is 17.0 Å². The van der Waals surface area contributed by atoms with Crippen molar-refractivity contribution in [1.29, 1.82) is 0 Å². The van der Waals surface area contributed by atoms with Gasteiger partial charge in [-0.05, 0) is 42.5 Å². The van der Waals surface area contributed by atoms with Gasteiger partial charge in [0.15, 0.2) is 0 Å². The van der Waals surface area contributed by atoms with Crippen molar-refractivity contribution in [2.24, 2.45) is 0 Å². The first-order valence-corrected chi connectivity index (χ1v) is 8.15. The molecule has 0 radical (unpaired) electrons. The van der Waals surface area contributed by atoms with Crippen LogP contribution in [0.25, 0.3) is 6.08 Å². The zero-order chi connectivity index (χ0) is 19.1. The second-order valence-corrected chi connectivity index (χ2v) is 5.57. The lowest BCUT2D eigenvalue weighted by molar-refractivity contribution is -0.149. The van der Waals surface area contributed by atoms with Crippen LogP contribution in [0.3, 0.4) is 0 Å². The molecule has 0 bridgehead atoms. The number of furan rings is 1. The van der Waals surface area contributed by atoms with E-state index in [0.717, 1.165) is 0 Å². The summed E-state index contributed by atoms with van der Waals surface area (Å²) in [5.41, 5.74) is 0.904. The molecule has 0 saturated carbocycles. The Bertz CT molecular complexity index is 919. The van der Waals surface area contributed by atoms with Crippen molar-refractivity contribution in [2.45, 2.75) is 6.10 Å². The fraction of sp³-hybridized carbons (Fsp3) is 0.0476. The van der Waals surface area contributed by atoms with Gasteiger partial charge in [-0.15, -0.1) is 0 Å². The maximum absolute atomic E-state index is 13.0. The van der Waals surface area contributed by atoms with E-state index >= 15 is 0 Å². The molecule has 3 aromatic rings. The molecule has 1 N–H and O–H groups in total. The van der Waals surface area contributed by atoms with Crippen molar-refractivity contribution in [2.75, 3.05) is 5.32 Å². The summed E-state index contributed by atoms with van der Waals surface area (Å²) in [5, 5.41) is 2.62. The zero-order valence-electron chi connectivity index (χ0n) is 14.2. The highest BCUT2D eigenvalue weighted by atomic mass is 19.1. The fourth-order valence-electron chi connectivity index (χ4n) is 2.33. The molecular weight excluding hydrogens is 349 g/mol. The molecule has 1 aromatic heterocycles. The molecule has 5 nitrogen and oxygen atoms in total. The number of amides is 1. The molecular formula is C21H16FNO4. The van der Waals surface area contributed by atoms with Crippen LogP contribution >= 0.6 is 0 Å². The zero-order valence-corrected chi connectivity index (χ0v) is 14.2. The second-order valence-electron chi connectivity index (χ2n) is 5.57. The van der Waals surface area contributed by atoms with Crippen LogP contribution < -0.4 is 5.32 Å². The van der Waals surface area contributed by atoms with Gasteiger partial charge in [0.25, 0.3) is 5.91 Å². The lowest BCUT2D eigenvalue weighted by Gasteiger charge is -2.17. The SMILES string of the molecule is O=C(C=Cc1ccco1)OC(C(=O)Nc1ccc(F)cc1)c1ccccc1. The Balaban J connectivity index is 1.75. The minimum atomic E-state index is -1.16. The second kappa shape index (κ2) is 8.62. The van der Waals surface area contributed by atoms with Gasteiger partial charge in [-0.25, -0.2) is 9.18 Å². The normalized spacial score (nSPS) is 11.9. The van der Waals surface area contributed by atoms with E-state index in [1.807, 2.05) is 0 Å². The molecule has 2 aromatic carbocycles. The Morgan fingerprint density at radius 3 is 2.41 bits per heavy atom. The maximum atomic E-state index is 13.0. The smallest absolute Gasteiger partial charge is 0.332 e. The monoisotopic (exact) mass is 365 g/mol. The van der Waals surface area contributed by atoms with Crippen molar-refractivity contribution in [3.8, 4) is 0 Å². The molecule has 0 spiro atoms. The molecule has 0 saturated heterocycles. The predicted molar refractivity (Wildman–Crippen MR) is 98.0 cm³/mol. The summed E-state index contributed by atoms with van der Waals surface area (Å²) in [7, 11) is 0. The summed E-state index contributed by atoms with van der Waals surface area (Å²) >= 11 is 0. The highest BCUT2D eigenvalue weighted by Gasteiger charge is 2.24. The fourth-order valence-corrected chi connectivity index (χ4v) is 2.33. The van der Waals surface area contributed by atoms with Gasteiger partial charge in [-0.3, -0.25) is 4.79 Å². The number of esters is 1. The third kappa shape index (κ3) is 5.15. The first-order valence-electron chi connectivity index (χ1n) is 8.15. The highest BCUT2D eigenvalue weighted by Crippen LogP contribution is 2.21. The van der Waals surface area contributed by atoms with Crippen LogP contribution in [-0.4, -0.2) is 11.9 Å². The van der Waals surface area contributed by atoms with Crippen molar-refractivity contribution in [1.82, 2.24) is 0 Å². The van der Waals surface area contributed by atoms with E-state index in [1.54, 1.807) is 42.5 Å². The van der Waals surface area contributed by atoms with Crippen molar-refractivity contribution in [3.05, 3.63) is 96.2 Å². The van der Waals surface area contributed by atoms with Gasteiger partial charge in [0.05, 0.1) is 6.26 Å². The van der Waals surface area contributed by atoms with Crippen LogP contribution in [-0.2, 0) is 14.3 Å². The maximum Gasteiger partial charge on any atom is 0.332 e. The first kappa shape index (κ1) is 18.1. The lowest BCUT2D eigenvalue weighted by Crippen LogP contribution is -2.25. The molecule has 1 heterocycles. The van der Waals surface area contributed by atoms with Crippen LogP contribution in [0.1, 0.15) is 17.4 Å². The first-order chi connectivity index (χ1) is 13.1. The number of carbonyl (C=O) groups excluding carboxylic acids is 2. The quantitative estimate of drug-likeness (QED) is 0.521. The lowest BCUT2D eigenvalue weighted by atomic mass is 10.1. The van der Waals surface area contributed by atoms with Crippen LogP contribution in [0.4, 0.5) is 10.1 Å². The van der Waals surface area contributed by atoms with Crippen molar-refractivity contribution in [3.63, 3.8) is 0 Å². The summed E-state index contributed by atoms with van der Waals surface area (Å²) in [4.78, 5) is 24.8. The third-order valence-corrected chi connectivity index (χ3v) is 3.61. The average Bonchev–Trinajstić information content (AvgIpc) is 3.20. The number of ether oxygens (including phenoxy) is 1. The molecule has 0 aliphatic heterocycles. The van der Waals surface area contributed by atoms with E-state index in [-0.39, 0.29) is 0 Å². The molecule has 0 aliphatic rings. The molecule has 0 fully saturated rings.